The Bertz CT molecular complexity index is 567. The molecule has 112 valence electrons. The Balaban J connectivity index is 2.86. The molecule has 1 heterocycles. The van der Waals surface area contributed by atoms with Crippen LogP contribution in [0, 0.1) is 10.1 Å². The van der Waals surface area contributed by atoms with Crippen LogP contribution in [0.2, 0.25) is 0 Å². The smallest absolute Gasteiger partial charge is 0.358 e. The van der Waals surface area contributed by atoms with Crippen molar-refractivity contribution in [2.75, 3.05) is 6.54 Å². The molecule has 0 spiro atoms. The summed E-state index contributed by atoms with van der Waals surface area (Å²) in [4.78, 5) is 13.1. The van der Waals surface area contributed by atoms with E-state index in [-0.39, 0.29) is 11.4 Å². The fourth-order valence-electron chi connectivity index (χ4n) is 1.46. The molecule has 0 amide bonds. The van der Waals surface area contributed by atoms with Gasteiger partial charge in [0.15, 0.2) is 6.20 Å². The van der Waals surface area contributed by atoms with Crippen molar-refractivity contribution in [1.29, 1.82) is 0 Å². The number of nitro groups is 1. The zero-order valence-corrected chi connectivity index (χ0v) is 12.2. The third kappa shape index (κ3) is 3.95. The van der Waals surface area contributed by atoms with Gasteiger partial charge in [-0.3, -0.25) is 0 Å². The van der Waals surface area contributed by atoms with Crippen LogP contribution in [-0.4, -0.2) is 30.4 Å². The quantitative estimate of drug-likeness (QED) is 0.566. The summed E-state index contributed by atoms with van der Waals surface area (Å²) in [5.74, 6) is -0.403. The zero-order chi connectivity index (χ0) is 15.4. The van der Waals surface area contributed by atoms with E-state index in [4.69, 9.17) is 5.73 Å². The molecule has 0 aliphatic carbocycles. The van der Waals surface area contributed by atoms with Crippen LogP contribution in [0.5, 0.6) is 0 Å². The minimum Gasteiger partial charge on any atom is -0.358 e. The fraction of sp³-hybridized carbons (Fsp3) is 0.545. The van der Waals surface area contributed by atoms with Gasteiger partial charge in [0.05, 0.1) is 0 Å². The Morgan fingerprint density at radius 3 is 2.40 bits per heavy atom. The highest BCUT2D eigenvalue weighted by Crippen LogP contribution is 2.14. The molecule has 0 aliphatic rings. The van der Waals surface area contributed by atoms with Gasteiger partial charge in [-0.1, -0.05) is 13.8 Å². The number of aromatic nitrogens is 1. The fourth-order valence-corrected chi connectivity index (χ4v) is 2.54. The van der Waals surface area contributed by atoms with Crippen molar-refractivity contribution in [3.63, 3.8) is 0 Å². The number of nitrogens with two attached hydrogens (primary N) is 1. The van der Waals surface area contributed by atoms with Crippen LogP contribution >= 0.6 is 0 Å². The average Bonchev–Trinajstić information content (AvgIpc) is 2.45. The van der Waals surface area contributed by atoms with Crippen LogP contribution in [0.3, 0.4) is 0 Å². The van der Waals surface area contributed by atoms with Crippen LogP contribution in [0.25, 0.3) is 0 Å². The Kier molecular flexibility index (Phi) is 5.15. The first-order chi connectivity index (χ1) is 9.24. The molecule has 0 unspecified atom stereocenters. The maximum absolute atomic E-state index is 12.0. The molecule has 1 rings (SSSR count). The van der Waals surface area contributed by atoms with Crippen molar-refractivity contribution >= 4 is 15.8 Å². The third-order valence-electron chi connectivity index (χ3n) is 3.24. The lowest BCUT2D eigenvalue weighted by molar-refractivity contribution is -0.389. The molecular weight excluding hydrogens is 284 g/mol. The molecule has 0 saturated heterocycles. The Labute approximate surface area is 117 Å². The molecule has 0 saturated carbocycles. The highest BCUT2D eigenvalue weighted by molar-refractivity contribution is 7.89. The van der Waals surface area contributed by atoms with Gasteiger partial charge in [0, 0.05) is 18.2 Å². The predicted molar refractivity (Wildman–Crippen MR) is 73.6 cm³/mol. The maximum Gasteiger partial charge on any atom is 0.363 e. The Morgan fingerprint density at radius 1 is 1.40 bits per heavy atom. The number of nitrogens with zero attached hydrogens (tertiary/aromatic N) is 2. The van der Waals surface area contributed by atoms with E-state index in [1.165, 1.54) is 0 Å². The summed E-state index contributed by atoms with van der Waals surface area (Å²) in [6, 6.07) is 2.19. The van der Waals surface area contributed by atoms with Gasteiger partial charge >= 0.3 is 5.82 Å². The van der Waals surface area contributed by atoms with E-state index in [9.17, 15) is 18.5 Å². The van der Waals surface area contributed by atoms with Crippen LogP contribution in [0.1, 0.15) is 26.7 Å². The summed E-state index contributed by atoms with van der Waals surface area (Å²) < 4.78 is 26.4. The molecule has 3 N–H and O–H groups in total. The van der Waals surface area contributed by atoms with Crippen molar-refractivity contribution in [3.8, 4) is 0 Å². The number of nitrogens with one attached hydrogen (secondary N) is 1. The van der Waals surface area contributed by atoms with E-state index in [2.05, 4.69) is 9.71 Å². The molecular formula is C11H18N4O4S. The van der Waals surface area contributed by atoms with Gasteiger partial charge in [0.2, 0.25) is 10.0 Å². The number of hydrogen-bond donors (Lipinski definition) is 2. The molecule has 0 fully saturated rings. The van der Waals surface area contributed by atoms with E-state index < -0.39 is 26.3 Å². The standard InChI is InChI=1S/C11H18N4O4S/c1-3-11(12,4-2)8-14-20(18,19)9-5-6-10(13-7-9)15(16)17/h5-7,14H,3-4,8,12H2,1-2H3. The van der Waals surface area contributed by atoms with Gasteiger partial charge < -0.3 is 15.8 Å². The van der Waals surface area contributed by atoms with Crippen molar-refractivity contribution < 1.29 is 13.3 Å². The number of rotatable bonds is 7. The minimum absolute atomic E-state index is 0.0965. The monoisotopic (exact) mass is 302 g/mol. The summed E-state index contributed by atoms with van der Waals surface area (Å²) >= 11 is 0. The van der Waals surface area contributed by atoms with E-state index in [1.54, 1.807) is 0 Å². The second-order valence-corrected chi connectivity index (χ2v) is 6.27. The molecule has 0 atom stereocenters. The topological polar surface area (TPSA) is 128 Å². The first kappa shape index (κ1) is 16.5. The predicted octanol–water partition coefficient (Wildman–Crippen LogP) is 0.786. The van der Waals surface area contributed by atoms with Crippen molar-refractivity contribution in [1.82, 2.24) is 9.71 Å². The van der Waals surface area contributed by atoms with Gasteiger partial charge in [-0.15, -0.1) is 0 Å². The second kappa shape index (κ2) is 6.25. The summed E-state index contributed by atoms with van der Waals surface area (Å²) in [7, 11) is -3.77. The number of sulfonamides is 1. The molecule has 1 aromatic rings. The number of pyridine rings is 1. The van der Waals surface area contributed by atoms with Crippen LogP contribution < -0.4 is 10.5 Å². The molecule has 8 nitrogen and oxygen atoms in total. The lowest BCUT2D eigenvalue weighted by Gasteiger charge is -2.26. The molecule has 20 heavy (non-hydrogen) atoms. The molecule has 0 bridgehead atoms. The first-order valence-electron chi connectivity index (χ1n) is 6.13. The van der Waals surface area contributed by atoms with Gasteiger partial charge in [-0.25, -0.2) is 13.1 Å². The van der Waals surface area contributed by atoms with Crippen molar-refractivity contribution in [2.45, 2.75) is 37.1 Å². The molecule has 0 aromatic carbocycles. The zero-order valence-electron chi connectivity index (χ0n) is 11.4. The maximum atomic E-state index is 12.0. The molecule has 1 aromatic heterocycles. The van der Waals surface area contributed by atoms with Gasteiger partial charge in [0.1, 0.15) is 4.90 Å². The summed E-state index contributed by atoms with van der Waals surface area (Å²) in [6.45, 7) is 3.86. The average molecular weight is 302 g/mol. The Hall–Kier alpha value is -1.58. The second-order valence-electron chi connectivity index (χ2n) is 4.50. The van der Waals surface area contributed by atoms with Crippen LogP contribution in [0.4, 0.5) is 5.82 Å². The van der Waals surface area contributed by atoms with Crippen molar-refractivity contribution in [2.24, 2.45) is 5.73 Å². The van der Waals surface area contributed by atoms with Crippen LogP contribution in [0.15, 0.2) is 23.2 Å². The van der Waals surface area contributed by atoms with Gasteiger partial charge in [-0.2, -0.15) is 0 Å². The Morgan fingerprint density at radius 2 is 2.00 bits per heavy atom. The van der Waals surface area contributed by atoms with E-state index in [1.807, 2.05) is 13.8 Å². The number of hydrogen-bond acceptors (Lipinski definition) is 6. The normalized spacial score (nSPS) is 12.3. The SMILES string of the molecule is CCC(N)(CC)CNS(=O)(=O)c1ccc([N+](=O)[O-])nc1. The summed E-state index contributed by atoms with van der Waals surface area (Å²) in [5, 5.41) is 10.5. The van der Waals surface area contributed by atoms with Crippen molar-refractivity contribution in [3.05, 3.63) is 28.4 Å². The summed E-state index contributed by atoms with van der Waals surface area (Å²) in [5.41, 5.74) is 5.40. The third-order valence-corrected chi connectivity index (χ3v) is 4.63. The lowest BCUT2D eigenvalue weighted by Crippen LogP contribution is -2.49. The molecule has 9 heteroatoms. The lowest BCUT2D eigenvalue weighted by atomic mass is 9.95. The summed E-state index contributed by atoms with van der Waals surface area (Å²) in [6.07, 6.45) is 2.21. The molecule has 0 radical (unpaired) electrons. The van der Waals surface area contributed by atoms with Gasteiger partial charge in [-0.05, 0) is 28.8 Å². The highest BCUT2D eigenvalue weighted by Gasteiger charge is 2.25. The first-order valence-corrected chi connectivity index (χ1v) is 7.61. The van der Waals surface area contributed by atoms with E-state index in [0.717, 1.165) is 18.3 Å². The molecule has 0 aliphatic heterocycles. The van der Waals surface area contributed by atoms with Gasteiger partial charge in [0.25, 0.3) is 0 Å². The van der Waals surface area contributed by atoms with E-state index in [0.29, 0.717) is 12.8 Å². The largest absolute Gasteiger partial charge is 0.363 e. The minimum atomic E-state index is -3.77. The highest BCUT2D eigenvalue weighted by atomic mass is 32.2. The van der Waals surface area contributed by atoms with Crippen LogP contribution in [-0.2, 0) is 10.0 Å². The van der Waals surface area contributed by atoms with E-state index >= 15 is 0 Å².